The summed E-state index contributed by atoms with van der Waals surface area (Å²) in [5.41, 5.74) is 38.1. The fourth-order valence-corrected chi connectivity index (χ4v) is 19.8. The summed E-state index contributed by atoms with van der Waals surface area (Å²) in [6.45, 7) is 0. The van der Waals surface area contributed by atoms with Gasteiger partial charge in [-0.2, -0.15) is 0 Å². The summed E-state index contributed by atoms with van der Waals surface area (Å²) in [5, 5.41) is 15.1. The van der Waals surface area contributed by atoms with E-state index in [0.717, 1.165) is 154 Å². The van der Waals surface area contributed by atoms with Crippen molar-refractivity contribution in [2.75, 3.05) is 0 Å². The van der Waals surface area contributed by atoms with Gasteiger partial charge in [-0.25, -0.2) is 29.9 Å². The molecule has 1 aliphatic carbocycles. The smallest absolute Gasteiger partial charge is 0.147 e. The normalized spacial score (nSPS) is 12.0. The Balaban J connectivity index is 0.000000101. The van der Waals surface area contributed by atoms with Gasteiger partial charge in [-0.05, 0) is 226 Å². The number of pyridine rings is 6. The van der Waals surface area contributed by atoms with E-state index in [2.05, 4.69) is 408 Å². The Morgan fingerprint density at radius 3 is 1.02 bits per heavy atom. The molecule has 0 atom stereocenters. The summed E-state index contributed by atoms with van der Waals surface area (Å²) in [4.78, 5) is 30.8. The number of benzene rings is 18. The van der Waals surface area contributed by atoms with Crippen LogP contribution in [0.15, 0.2) is 419 Å². The number of hydrogen-bond donors (Lipinski definition) is 0. The lowest BCUT2D eigenvalue weighted by molar-refractivity contribution is 1.31. The van der Waals surface area contributed by atoms with Gasteiger partial charge >= 0.3 is 0 Å². The fourth-order valence-electron chi connectivity index (χ4n) is 19.8. The number of rotatable bonds is 6. The number of hydrogen-bond acceptors (Lipinski definition) is 6. The van der Waals surface area contributed by atoms with Gasteiger partial charge in [-0.15, -0.1) is 0 Å². The van der Waals surface area contributed by atoms with Gasteiger partial charge in [-0.3, -0.25) is 13.2 Å². The minimum absolute atomic E-state index is 0.937. The van der Waals surface area contributed by atoms with E-state index in [1.54, 1.807) is 0 Å². The molecule has 0 bridgehead atoms. The minimum Gasteiger partial charge on any atom is -0.292 e. The van der Waals surface area contributed by atoms with Crippen molar-refractivity contribution in [3.05, 3.63) is 419 Å². The average molecular weight is 1590 g/mol. The summed E-state index contributed by atoms with van der Waals surface area (Å²) in [7, 11) is 0. The van der Waals surface area contributed by atoms with Crippen LogP contribution < -0.4 is 0 Å². The number of nitrogens with zero attached hydrogens (tertiary/aromatic N) is 9. The van der Waals surface area contributed by atoms with Crippen molar-refractivity contribution >= 4 is 170 Å². The molecular weight excluding hydrogens is 1520 g/mol. The fraction of sp³-hybridized carbons (Fsp3) is 0. The maximum atomic E-state index is 5.19. The van der Waals surface area contributed by atoms with Crippen molar-refractivity contribution in [3.63, 3.8) is 0 Å². The molecule has 578 valence electrons. The molecule has 125 heavy (non-hydrogen) atoms. The first-order chi connectivity index (χ1) is 61.9. The molecule has 18 aromatic carbocycles. The van der Waals surface area contributed by atoms with Crippen molar-refractivity contribution in [1.29, 1.82) is 0 Å². The Morgan fingerprint density at radius 2 is 0.488 bits per heavy atom. The van der Waals surface area contributed by atoms with Gasteiger partial charge in [0.15, 0.2) is 0 Å². The summed E-state index contributed by atoms with van der Waals surface area (Å²) in [5.74, 6) is 0. The van der Waals surface area contributed by atoms with Crippen molar-refractivity contribution in [3.8, 4) is 89.0 Å². The van der Waals surface area contributed by atoms with Gasteiger partial charge in [0.05, 0.1) is 82.8 Å². The monoisotopic (exact) mass is 1590 g/mol. The molecule has 9 nitrogen and oxygen atoms in total. The standard InChI is InChI=1S/C44H25N3.C38H23N3.C34H21N3/c1-4-16-38-29(9-1)24-37-43(45-38)36-20-19-27(25-41(36)47-40-18-6-5-17-39(40)46-44(37)47)26-10-7-11-28(23-26)30-21-22-35-32-13-3-2-12-31(32)34-15-8-14-33(30)42(34)35;1-2-8-27-21-28(18-17-24(27)7-1)25-13-15-26(16-14-25)29-19-20-35-31(22-29)37-32(23-30-9-3-4-10-33(30)39-37)38-40-34-11-5-6-12-36(34)41(35)38;1-2-8-22(9-3-1)23-14-16-24(17-15-23)25-18-19-31-27(20-25)33-28(21-26-10-4-5-11-29(26)35-33)34-36-30-12-6-7-13-32(30)37(31)34/h1-25H;1-23H;1-21H. The molecule has 9 heterocycles. The summed E-state index contributed by atoms with van der Waals surface area (Å²) in [6.07, 6.45) is 0. The molecule has 27 aromatic rings. The number of para-hydroxylation sites is 9. The highest BCUT2D eigenvalue weighted by Gasteiger charge is 2.25. The maximum absolute atomic E-state index is 5.19. The predicted octanol–water partition coefficient (Wildman–Crippen LogP) is 30.0. The first kappa shape index (κ1) is 70.0. The Bertz CT molecular complexity index is 9220. The molecule has 0 spiro atoms. The Kier molecular flexibility index (Phi) is 15.6. The SMILES string of the molecule is c1cc(-c2ccc3c4nc5ccccc5cc4c4nc5ccccc5n4c3c2)cc(-c2ccc3c4c(cccc24)-c2ccccc2-3)c1.c1ccc(-c2ccc(-c3ccc4c(c3)c3nc5ccccc5cc3c3nc5ccccc5n43)cc2)cc1.c1ccc2cc(-c3ccc(-c4ccc5c(c4)c4nc6ccccc6cc4c4nc6ccccc6n54)cc3)ccc2c1. The van der Waals surface area contributed by atoms with Crippen LogP contribution in [-0.2, 0) is 0 Å². The van der Waals surface area contributed by atoms with Gasteiger partial charge in [0.1, 0.15) is 16.9 Å². The lowest BCUT2D eigenvalue weighted by Gasteiger charge is -2.13. The zero-order valence-corrected chi connectivity index (χ0v) is 67.4. The van der Waals surface area contributed by atoms with Crippen LogP contribution in [0.5, 0.6) is 0 Å². The Morgan fingerprint density at radius 1 is 0.144 bits per heavy atom. The molecule has 0 saturated heterocycles. The van der Waals surface area contributed by atoms with Gasteiger partial charge in [-0.1, -0.05) is 303 Å². The zero-order valence-electron chi connectivity index (χ0n) is 67.4. The van der Waals surface area contributed by atoms with E-state index in [1.165, 1.54) is 105 Å². The highest BCUT2D eigenvalue weighted by Crippen LogP contribution is 2.50. The lowest BCUT2D eigenvalue weighted by Crippen LogP contribution is -1.94. The molecule has 0 N–H and O–H groups in total. The van der Waals surface area contributed by atoms with E-state index in [4.69, 9.17) is 29.9 Å². The molecule has 0 unspecified atom stereocenters. The van der Waals surface area contributed by atoms with E-state index in [0.29, 0.717) is 0 Å². The van der Waals surface area contributed by atoms with Crippen LogP contribution in [-0.4, -0.2) is 43.1 Å². The topological polar surface area (TPSA) is 90.6 Å². The second-order valence-electron chi connectivity index (χ2n) is 32.8. The van der Waals surface area contributed by atoms with Gasteiger partial charge in [0.2, 0.25) is 0 Å². The van der Waals surface area contributed by atoms with Gasteiger partial charge in [0.25, 0.3) is 0 Å². The molecule has 0 aliphatic heterocycles. The first-order valence-electron chi connectivity index (χ1n) is 42.5. The number of aromatic nitrogens is 9. The average Bonchev–Trinajstić information content (AvgIpc) is 1.59. The van der Waals surface area contributed by atoms with Crippen LogP contribution in [0.4, 0.5) is 0 Å². The van der Waals surface area contributed by atoms with E-state index in [9.17, 15) is 0 Å². The number of fused-ring (bicyclic) bond motifs is 31. The van der Waals surface area contributed by atoms with E-state index in [-0.39, 0.29) is 0 Å². The molecule has 28 rings (SSSR count). The van der Waals surface area contributed by atoms with Gasteiger partial charge < -0.3 is 0 Å². The molecule has 1 aliphatic rings. The van der Waals surface area contributed by atoms with E-state index in [1.807, 2.05) is 24.3 Å². The lowest BCUT2D eigenvalue weighted by atomic mass is 9.92. The highest BCUT2D eigenvalue weighted by molar-refractivity contribution is 6.21. The maximum Gasteiger partial charge on any atom is 0.147 e. The van der Waals surface area contributed by atoms with Crippen LogP contribution in [0.2, 0.25) is 0 Å². The van der Waals surface area contributed by atoms with Crippen molar-refractivity contribution < 1.29 is 0 Å². The number of imidazole rings is 3. The molecule has 0 fully saturated rings. The van der Waals surface area contributed by atoms with Crippen LogP contribution in [0.3, 0.4) is 0 Å². The largest absolute Gasteiger partial charge is 0.292 e. The molecule has 0 saturated carbocycles. The van der Waals surface area contributed by atoms with Crippen molar-refractivity contribution in [2.24, 2.45) is 0 Å². The Hall–Kier alpha value is -16.9. The zero-order chi connectivity index (χ0) is 81.9. The van der Waals surface area contributed by atoms with Gasteiger partial charge in [0, 0.05) is 48.5 Å². The quantitative estimate of drug-likeness (QED) is 0.122. The van der Waals surface area contributed by atoms with E-state index < -0.39 is 0 Å². The van der Waals surface area contributed by atoms with Crippen molar-refractivity contribution in [1.82, 2.24) is 43.1 Å². The third kappa shape index (κ3) is 11.3. The summed E-state index contributed by atoms with van der Waals surface area (Å²) < 4.78 is 6.89. The molecular formula is C116H69N9. The van der Waals surface area contributed by atoms with E-state index >= 15 is 0 Å². The Labute approximate surface area is 715 Å². The van der Waals surface area contributed by atoms with Crippen molar-refractivity contribution in [2.45, 2.75) is 0 Å². The second-order valence-corrected chi connectivity index (χ2v) is 32.8. The molecule has 0 amide bonds. The van der Waals surface area contributed by atoms with Crippen LogP contribution in [0, 0.1) is 0 Å². The van der Waals surface area contributed by atoms with Crippen LogP contribution >= 0.6 is 0 Å². The third-order valence-corrected chi connectivity index (χ3v) is 25.7. The first-order valence-corrected chi connectivity index (χ1v) is 42.5. The summed E-state index contributed by atoms with van der Waals surface area (Å²) >= 11 is 0. The van der Waals surface area contributed by atoms with Crippen LogP contribution in [0.25, 0.3) is 259 Å². The minimum atomic E-state index is 0.937. The molecule has 0 radical (unpaired) electrons. The molecule has 9 heteroatoms. The summed E-state index contributed by atoms with van der Waals surface area (Å²) in [6, 6.07) is 149. The predicted molar refractivity (Wildman–Crippen MR) is 521 cm³/mol. The van der Waals surface area contributed by atoms with Crippen LogP contribution in [0.1, 0.15) is 0 Å². The second kappa shape index (κ2) is 27.9. The molecule has 9 aromatic heterocycles. The third-order valence-electron chi connectivity index (χ3n) is 25.7. The highest BCUT2D eigenvalue weighted by atomic mass is 15.0.